The number of amides is 1. The van der Waals surface area contributed by atoms with Gasteiger partial charge >= 0.3 is 0 Å². The van der Waals surface area contributed by atoms with Gasteiger partial charge in [-0.25, -0.2) is 0 Å². The first-order valence-electron chi connectivity index (χ1n) is 6.96. The largest absolute Gasteiger partial charge is 0.353 e. The third-order valence-electron chi connectivity index (χ3n) is 3.40. The maximum Gasteiger partial charge on any atom is 0.269 e. The molecule has 1 aromatic carbocycles. The minimum Gasteiger partial charge on any atom is -0.353 e. The van der Waals surface area contributed by atoms with E-state index in [1.54, 1.807) is 12.1 Å². The third-order valence-corrected chi connectivity index (χ3v) is 4.60. The Morgan fingerprint density at radius 3 is 2.57 bits per heavy atom. The molecule has 0 aliphatic rings. The highest BCUT2D eigenvalue weighted by Crippen LogP contribution is 2.29. The van der Waals surface area contributed by atoms with E-state index in [0.717, 1.165) is 5.56 Å². The smallest absolute Gasteiger partial charge is 0.269 e. The fraction of sp³-hybridized carbons (Fsp3) is 0.533. The molecule has 21 heavy (non-hydrogen) atoms. The van der Waals surface area contributed by atoms with E-state index in [9.17, 15) is 14.9 Å². The number of nitrogens with one attached hydrogen (secondary N) is 1. The molecule has 5 nitrogen and oxygen atoms in total. The summed E-state index contributed by atoms with van der Waals surface area (Å²) < 4.78 is 0. The summed E-state index contributed by atoms with van der Waals surface area (Å²) in [5, 5.41) is 13.7. The van der Waals surface area contributed by atoms with E-state index in [1.807, 2.05) is 19.9 Å². The van der Waals surface area contributed by atoms with Gasteiger partial charge in [-0.05, 0) is 25.3 Å². The molecule has 1 N–H and O–H groups in total. The number of nitro groups is 1. The molecule has 1 aromatic rings. The normalized spacial score (nSPS) is 13.8. The van der Waals surface area contributed by atoms with Gasteiger partial charge in [0, 0.05) is 23.4 Å². The molecule has 0 aromatic heterocycles. The Kier molecular flexibility index (Phi) is 6.68. The lowest BCUT2D eigenvalue weighted by molar-refractivity contribution is -0.384. The third kappa shape index (κ3) is 5.75. The lowest BCUT2D eigenvalue weighted by Gasteiger charge is -2.18. The summed E-state index contributed by atoms with van der Waals surface area (Å²) in [4.78, 5) is 22.2. The first kappa shape index (κ1) is 17.5. The molecule has 116 valence electrons. The van der Waals surface area contributed by atoms with E-state index in [-0.39, 0.29) is 22.9 Å². The molecule has 0 saturated carbocycles. The SMILES string of the molecule is CC(C)[C@H](C)NC(=O)CS[C@H](C)c1cccc([N+](=O)[O-])c1. The minimum absolute atomic E-state index is 0.00141. The van der Waals surface area contributed by atoms with Crippen LogP contribution in [0.1, 0.15) is 38.5 Å². The van der Waals surface area contributed by atoms with Crippen LogP contribution in [0, 0.1) is 16.0 Å². The van der Waals surface area contributed by atoms with E-state index >= 15 is 0 Å². The minimum atomic E-state index is -0.405. The molecule has 6 heteroatoms. The number of hydrogen-bond acceptors (Lipinski definition) is 4. The van der Waals surface area contributed by atoms with E-state index in [0.29, 0.717) is 11.7 Å². The molecule has 0 fully saturated rings. The number of thioether (sulfide) groups is 1. The van der Waals surface area contributed by atoms with Crippen LogP contribution in [0.4, 0.5) is 5.69 Å². The molecule has 0 unspecified atom stereocenters. The number of carbonyl (C=O) groups is 1. The van der Waals surface area contributed by atoms with Crippen LogP contribution in [-0.2, 0) is 4.79 Å². The van der Waals surface area contributed by atoms with Crippen LogP contribution in [0.5, 0.6) is 0 Å². The zero-order valence-corrected chi connectivity index (χ0v) is 13.6. The standard InChI is InChI=1S/C15H22N2O3S/c1-10(2)11(3)16-15(18)9-21-12(4)13-6-5-7-14(8-13)17(19)20/h5-8,10-12H,9H2,1-4H3,(H,16,18)/t11-,12+/m0/s1. The van der Waals surface area contributed by atoms with Crippen molar-refractivity contribution in [2.75, 3.05) is 5.75 Å². The van der Waals surface area contributed by atoms with Crippen LogP contribution in [0.25, 0.3) is 0 Å². The summed E-state index contributed by atoms with van der Waals surface area (Å²) in [7, 11) is 0. The molecule has 0 aliphatic heterocycles. The van der Waals surface area contributed by atoms with Crippen molar-refractivity contribution < 1.29 is 9.72 Å². The van der Waals surface area contributed by atoms with Crippen molar-refractivity contribution in [2.24, 2.45) is 5.92 Å². The number of hydrogen-bond donors (Lipinski definition) is 1. The zero-order chi connectivity index (χ0) is 16.0. The van der Waals surface area contributed by atoms with Crippen molar-refractivity contribution in [1.82, 2.24) is 5.32 Å². The van der Waals surface area contributed by atoms with E-state index in [4.69, 9.17) is 0 Å². The molecule has 0 saturated heterocycles. The Morgan fingerprint density at radius 2 is 2.00 bits per heavy atom. The highest BCUT2D eigenvalue weighted by Gasteiger charge is 2.15. The number of carbonyl (C=O) groups excluding carboxylic acids is 1. The zero-order valence-electron chi connectivity index (χ0n) is 12.8. The number of benzene rings is 1. The Bertz CT molecular complexity index is 505. The van der Waals surface area contributed by atoms with Gasteiger partial charge in [-0.15, -0.1) is 11.8 Å². The molecular formula is C15H22N2O3S. The van der Waals surface area contributed by atoms with Gasteiger partial charge in [-0.3, -0.25) is 14.9 Å². The van der Waals surface area contributed by atoms with Gasteiger partial charge in [0.2, 0.25) is 5.91 Å². The van der Waals surface area contributed by atoms with Gasteiger partial charge in [0.25, 0.3) is 5.69 Å². The molecule has 0 spiro atoms. The van der Waals surface area contributed by atoms with Gasteiger partial charge < -0.3 is 5.32 Å². The summed E-state index contributed by atoms with van der Waals surface area (Å²) >= 11 is 1.48. The molecule has 1 rings (SSSR count). The summed E-state index contributed by atoms with van der Waals surface area (Å²) in [5.41, 5.74) is 0.941. The number of rotatable bonds is 7. The lowest BCUT2D eigenvalue weighted by atomic mass is 10.1. The fourth-order valence-corrected chi connectivity index (χ4v) is 2.47. The van der Waals surface area contributed by atoms with E-state index in [2.05, 4.69) is 19.2 Å². The van der Waals surface area contributed by atoms with Crippen molar-refractivity contribution in [3.8, 4) is 0 Å². The number of non-ortho nitro benzene ring substituents is 1. The number of nitro benzene ring substituents is 1. The first-order valence-corrected chi connectivity index (χ1v) is 8.01. The Morgan fingerprint density at radius 1 is 1.33 bits per heavy atom. The van der Waals surface area contributed by atoms with Crippen LogP contribution in [0.3, 0.4) is 0 Å². The predicted molar refractivity (Wildman–Crippen MR) is 86.4 cm³/mol. The lowest BCUT2D eigenvalue weighted by Crippen LogP contribution is -2.37. The maximum atomic E-state index is 11.8. The quantitative estimate of drug-likeness (QED) is 0.617. The highest BCUT2D eigenvalue weighted by molar-refractivity contribution is 8.00. The Labute approximate surface area is 129 Å². The molecule has 0 heterocycles. The first-order chi connectivity index (χ1) is 9.81. The summed E-state index contributed by atoms with van der Waals surface area (Å²) in [5.74, 6) is 0.743. The van der Waals surface area contributed by atoms with Crippen LogP contribution in [0.15, 0.2) is 24.3 Å². The molecule has 2 atom stereocenters. The topological polar surface area (TPSA) is 72.2 Å². The van der Waals surface area contributed by atoms with Crippen LogP contribution in [0.2, 0.25) is 0 Å². The second kappa shape index (κ2) is 8.02. The molecule has 0 radical (unpaired) electrons. The molecule has 0 bridgehead atoms. The van der Waals surface area contributed by atoms with Crippen molar-refractivity contribution in [1.29, 1.82) is 0 Å². The summed E-state index contributed by atoms with van der Waals surface area (Å²) in [6.07, 6.45) is 0. The second-order valence-electron chi connectivity index (χ2n) is 5.41. The van der Waals surface area contributed by atoms with Gasteiger partial charge in [-0.1, -0.05) is 26.0 Å². The second-order valence-corrected chi connectivity index (χ2v) is 6.73. The van der Waals surface area contributed by atoms with Gasteiger partial charge in [0.1, 0.15) is 0 Å². The predicted octanol–water partition coefficient (Wildman–Crippen LogP) is 3.55. The van der Waals surface area contributed by atoms with Crippen LogP contribution >= 0.6 is 11.8 Å². The van der Waals surface area contributed by atoms with Gasteiger partial charge in [0.15, 0.2) is 0 Å². The highest BCUT2D eigenvalue weighted by atomic mass is 32.2. The fourth-order valence-electron chi connectivity index (χ4n) is 1.65. The maximum absolute atomic E-state index is 11.8. The van der Waals surface area contributed by atoms with Crippen molar-refractivity contribution in [3.63, 3.8) is 0 Å². The average Bonchev–Trinajstić information content (AvgIpc) is 2.44. The van der Waals surface area contributed by atoms with Crippen LogP contribution in [-0.4, -0.2) is 22.6 Å². The van der Waals surface area contributed by atoms with Crippen molar-refractivity contribution >= 4 is 23.4 Å². The number of nitrogens with zero attached hydrogens (tertiary/aromatic N) is 1. The van der Waals surface area contributed by atoms with Crippen molar-refractivity contribution in [3.05, 3.63) is 39.9 Å². The van der Waals surface area contributed by atoms with Crippen molar-refractivity contribution in [2.45, 2.75) is 39.0 Å². The molecule has 1 amide bonds. The van der Waals surface area contributed by atoms with E-state index < -0.39 is 4.92 Å². The monoisotopic (exact) mass is 310 g/mol. The summed E-state index contributed by atoms with van der Waals surface area (Å²) in [6.45, 7) is 8.05. The van der Waals surface area contributed by atoms with Gasteiger partial charge in [0.05, 0.1) is 10.7 Å². The Hall–Kier alpha value is -1.56. The molecular weight excluding hydrogens is 288 g/mol. The molecule has 0 aliphatic carbocycles. The van der Waals surface area contributed by atoms with Gasteiger partial charge in [-0.2, -0.15) is 0 Å². The Balaban J connectivity index is 2.54. The summed E-state index contributed by atoms with van der Waals surface area (Å²) in [6, 6.07) is 6.70. The average molecular weight is 310 g/mol. The van der Waals surface area contributed by atoms with E-state index in [1.165, 1.54) is 17.8 Å². The van der Waals surface area contributed by atoms with Crippen LogP contribution < -0.4 is 5.32 Å².